The summed E-state index contributed by atoms with van der Waals surface area (Å²) in [5.74, 6) is -1.75. The maximum atomic E-state index is 13.8. The second-order valence-electron chi connectivity index (χ2n) is 8.31. The molecule has 4 aromatic rings. The summed E-state index contributed by atoms with van der Waals surface area (Å²) in [5, 5.41) is 12.0. The zero-order chi connectivity index (χ0) is 25.8. The van der Waals surface area contributed by atoms with E-state index in [1.165, 1.54) is 35.2 Å². The van der Waals surface area contributed by atoms with Gasteiger partial charge in [0.15, 0.2) is 16.6 Å². The molecule has 0 bridgehead atoms. The lowest BCUT2D eigenvalue weighted by Gasteiger charge is -2.23. The molecule has 0 spiro atoms. The predicted octanol–water partition coefficient (Wildman–Crippen LogP) is 6.14. The van der Waals surface area contributed by atoms with Crippen LogP contribution in [0.5, 0.6) is 11.5 Å². The zero-order valence-electron chi connectivity index (χ0n) is 18.7. The van der Waals surface area contributed by atoms with Gasteiger partial charge in [-0.3, -0.25) is 14.5 Å². The molecule has 2 aliphatic rings. The van der Waals surface area contributed by atoms with Gasteiger partial charge in [-0.25, -0.2) is 9.37 Å². The number of aromatic nitrogens is 1. The number of halogens is 3. The van der Waals surface area contributed by atoms with Crippen LogP contribution in [0.4, 0.5) is 9.52 Å². The average Bonchev–Trinajstić information content (AvgIpc) is 3.42. The van der Waals surface area contributed by atoms with Crippen LogP contribution in [-0.4, -0.2) is 35.0 Å². The van der Waals surface area contributed by atoms with Crippen molar-refractivity contribution in [3.05, 3.63) is 87.2 Å². The van der Waals surface area contributed by atoms with Gasteiger partial charge in [-0.1, -0.05) is 40.6 Å². The first-order chi connectivity index (χ1) is 17.8. The number of hydrogen-bond acceptors (Lipinski definition) is 7. The lowest BCUT2D eigenvalue weighted by molar-refractivity contribution is -0.132. The number of carbonyl (C=O) groups excluding carboxylic acids is 2. The van der Waals surface area contributed by atoms with Crippen LogP contribution in [0.25, 0.3) is 16.0 Å². The molecule has 6 rings (SSSR count). The van der Waals surface area contributed by atoms with Gasteiger partial charge in [0, 0.05) is 5.56 Å². The summed E-state index contributed by atoms with van der Waals surface area (Å²) in [7, 11) is 0. The van der Waals surface area contributed by atoms with Crippen molar-refractivity contribution >= 4 is 67.3 Å². The number of carbonyl (C=O) groups is 2. The number of ketones is 1. The third-order valence-corrected chi connectivity index (χ3v) is 7.82. The van der Waals surface area contributed by atoms with E-state index >= 15 is 0 Å². The van der Waals surface area contributed by atoms with Gasteiger partial charge in [-0.15, -0.1) is 0 Å². The number of thiazole rings is 1. The lowest BCUT2D eigenvalue weighted by atomic mass is 9.95. The molecule has 3 heterocycles. The molecule has 0 radical (unpaired) electrons. The molecule has 37 heavy (non-hydrogen) atoms. The number of rotatable bonds is 3. The van der Waals surface area contributed by atoms with E-state index in [4.69, 9.17) is 32.7 Å². The smallest absolute Gasteiger partial charge is 0.301 e. The quantitative estimate of drug-likeness (QED) is 0.185. The minimum atomic E-state index is -1.08. The van der Waals surface area contributed by atoms with Crippen LogP contribution in [0.15, 0.2) is 60.2 Å². The molecule has 1 amide bonds. The third kappa shape index (κ3) is 3.99. The Bertz CT molecular complexity index is 1650. The number of aliphatic hydroxyl groups excluding tert-OH is 1. The van der Waals surface area contributed by atoms with Crippen molar-refractivity contribution < 1.29 is 28.6 Å². The number of aliphatic hydroxyl groups is 1. The van der Waals surface area contributed by atoms with E-state index in [1.807, 2.05) is 0 Å². The molecule has 1 aromatic heterocycles. The average molecular weight is 557 g/mol. The van der Waals surface area contributed by atoms with Crippen molar-refractivity contribution in [2.45, 2.75) is 6.04 Å². The molecule has 2 aliphatic heterocycles. The van der Waals surface area contributed by atoms with Gasteiger partial charge in [0.25, 0.3) is 5.78 Å². The highest BCUT2D eigenvalue weighted by atomic mass is 35.5. The van der Waals surface area contributed by atoms with Gasteiger partial charge in [0.2, 0.25) is 0 Å². The van der Waals surface area contributed by atoms with Crippen LogP contribution in [-0.2, 0) is 9.59 Å². The maximum absolute atomic E-state index is 13.8. The largest absolute Gasteiger partial charge is 0.507 e. The van der Waals surface area contributed by atoms with Gasteiger partial charge < -0.3 is 14.6 Å². The van der Waals surface area contributed by atoms with Crippen molar-refractivity contribution in [3.63, 3.8) is 0 Å². The Hall–Kier alpha value is -3.66. The molecule has 0 aliphatic carbocycles. The molecule has 186 valence electrons. The van der Waals surface area contributed by atoms with Gasteiger partial charge in [0.05, 0.1) is 31.9 Å². The van der Waals surface area contributed by atoms with Crippen LogP contribution in [0.1, 0.15) is 17.2 Å². The molecular formula is C26H15Cl2FN2O5S. The van der Waals surface area contributed by atoms with Gasteiger partial charge in [-0.05, 0) is 54.1 Å². The molecule has 0 saturated carbocycles. The van der Waals surface area contributed by atoms with E-state index in [1.54, 1.807) is 24.3 Å². The minimum absolute atomic E-state index is 0.162. The first kappa shape index (κ1) is 23.7. The van der Waals surface area contributed by atoms with Crippen LogP contribution < -0.4 is 14.4 Å². The highest BCUT2D eigenvalue weighted by molar-refractivity contribution is 7.22. The summed E-state index contributed by atoms with van der Waals surface area (Å²) >= 11 is 13.4. The van der Waals surface area contributed by atoms with Gasteiger partial charge in [-0.2, -0.15) is 0 Å². The van der Waals surface area contributed by atoms with Crippen molar-refractivity contribution in [3.8, 4) is 11.5 Å². The number of nitrogens with zero attached hydrogens (tertiary/aromatic N) is 2. The third-order valence-electron chi connectivity index (χ3n) is 6.06. The zero-order valence-corrected chi connectivity index (χ0v) is 21.0. The summed E-state index contributed by atoms with van der Waals surface area (Å²) < 4.78 is 25.5. The Morgan fingerprint density at radius 3 is 2.57 bits per heavy atom. The number of benzene rings is 3. The Labute approximate surface area is 223 Å². The van der Waals surface area contributed by atoms with Gasteiger partial charge in [0.1, 0.15) is 24.8 Å². The molecule has 1 saturated heterocycles. The second-order valence-corrected chi connectivity index (χ2v) is 10.1. The van der Waals surface area contributed by atoms with Gasteiger partial charge >= 0.3 is 5.91 Å². The first-order valence-corrected chi connectivity index (χ1v) is 12.6. The first-order valence-electron chi connectivity index (χ1n) is 11.0. The summed E-state index contributed by atoms with van der Waals surface area (Å²) in [4.78, 5) is 32.4. The highest BCUT2D eigenvalue weighted by Gasteiger charge is 2.48. The molecule has 7 nitrogen and oxygen atoms in total. The second kappa shape index (κ2) is 9.02. The molecule has 3 aromatic carbocycles. The number of Topliss-reactive ketones (excluding diaryl/α,β-unsaturated/α-hetero) is 1. The maximum Gasteiger partial charge on any atom is 0.301 e. The standard InChI is InChI=1S/C26H15Cl2FN2O5S/c27-15-4-1-12(9-16(15)28)22-21(23(32)13-2-6-18-19(10-13)36-8-7-35-18)24(33)25(34)31(22)26-30-17-5-3-14(29)11-20(17)37-26/h1-6,9-11,22,32H,7-8H2. The molecule has 11 heteroatoms. The fraction of sp³-hybridized carbons (Fsp3) is 0.115. The van der Waals surface area contributed by atoms with E-state index in [2.05, 4.69) is 4.98 Å². The lowest BCUT2D eigenvalue weighted by Crippen LogP contribution is -2.29. The molecule has 1 N–H and O–H groups in total. The normalized spacial score (nSPS) is 18.6. The van der Waals surface area contributed by atoms with E-state index < -0.39 is 29.3 Å². The predicted molar refractivity (Wildman–Crippen MR) is 138 cm³/mol. The molecular weight excluding hydrogens is 542 g/mol. The number of anilines is 1. The summed E-state index contributed by atoms with van der Waals surface area (Å²) in [6.45, 7) is 0.732. The molecule has 1 fully saturated rings. The Morgan fingerprint density at radius 1 is 1.00 bits per heavy atom. The summed E-state index contributed by atoms with van der Waals surface area (Å²) in [6, 6.07) is 12.4. The number of amides is 1. The van der Waals surface area contributed by atoms with E-state index in [9.17, 15) is 19.1 Å². The van der Waals surface area contributed by atoms with Crippen molar-refractivity contribution in [2.24, 2.45) is 0 Å². The van der Waals surface area contributed by atoms with E-state index in [0.29, 0.717) is 40.5 Å². The Kier molecular flexibility index (Phi) is 5.78. The number of ether oxygens (including phenoxy) is 2. The minimum Gasteiger partial charge on any atom is -0.507 e. The van der Waals surface area contributed by atoms with Crippen LogP contribution in [0.3, 0.4) is 0 Å². The molecule has 1 unspecified atom stereocenters. The van der Waals surface area contributed by atoms with Crippen molar-refractivity contribution in [1.82, 2.24) is 4.98 Å². The van der Waals surface area contributed by atoms with Crippen LogP contribution in [0.2, 0.25) is 10.0 Å². The van der Waals surface area contributed by atoms with E-state index in [-0.39, 0.29) is 26.3 Å². The monoisotopic (exact) mass is 556 g/mol. The highest BCUT2D eigenvalue weighted by Crippen LogP contribution is 2.46. The Morgan fingerprint density at radius 2 is 1.78 bits per heavy atom. The number of fused-ring (bicyclic) bond motifs is 2. The fourth-order valence-electron chi connectivity index (χ4n) is 4.36. The topological polar surface area (TPSA) is 89.0 Å². The molecule has 1 atom stereocenters. The number of hydrogen-bond donors (Lipinski definition) is 1. The SMILES string of the molecule is O=C1C(=O)N(c2nc3ccc(F)cc3s2)C(c2ccc(Cl)c(Cl)c2)C1=C(O)c1ccc2c(c1)OCCO2. The van der Waals surface area contributed by atoms with E-state index in [0.717, 1.165) is 11.3 Å². The van der Waals surface area contributed by atoms with Crippen molar-refractivity contribution in [2.75, 3.05) is 18.1 Å². The summed E-state index contributed by atoms with van der Waals surface area (Å²) in [6.07, 6.45) is 0. The summed E-state index contributed by atoms with van der Waals surface area (Å²) in [5.41, 5.74) is 0.991. The van der Waals surface area contributed by atoms with Crippen molar-refractivity contribution in [1.29, 1.82) is 0 Å². The Balaban J connectivity index is 1.55. The fourth-order valence-corrected chi connectivity index (χ4v) is 5.69. The van der Waals surface area contributed by atoms with Crippen LogP contribution in [0, 0.1) is 5.82 Å². The van der Waals surface area contributed by atoms with Crippen LogP contribution >= 0.6 is 34.5 Å².